The predicted octanol–water partition coefficient (Wildman–Crippen LogP) is 3.14. The van der Waals surface area contributed by atoms with E-state index in [1.54, 1.807) is 24.3 Å². The number of nitrogens with zero attached hydrogens (tertiary/aromatic N) is 1. The molecule has 94 valence electrons. The number of benzene rings is 1. The van der Waals surface area contributed by atoms with Crippen LogP contribution in [0.2, 0.25) is 0 Å². The Morgan fingerprint density at radius 1 is 1.39 bits per heavy atom. The second-order valence-corrected chi connectivity index (χ2v) is 4.29. The topological polar surface area (TPSA) is 61.7 Å². The van der Waals surface area contributed by atoms with Crippen molar-refractivity contribution in [1.82, 2.24) is 0 Å². The molecule has 4 nitrogen and oxygen atoms in total. The van der Waals surface area contributed by atoms with Gasteiger partial charge in [-0.1, -0.05) is 24.3 Å². The Balaban J connectivity index is 1.99. The summed E-state index contributed by atoms with van der Waals surface area (Å²) in [6.45, 7) is 0. The third kappa shape index (κ3) is 3.20. The Morgan fingerprint density at radius 3 is 2.94 bits per heavy atom. The van der Waals surface area contributed by atoms with Crippen LogP contribution in [0.1, 0.15) is 29.6 Å². The molecule has 0 bridgehead atoms. The van der Waals surface area contributed by atoms with Crippen LogP contribution in [0.5, 0.6) is 0 Å². The first-order chi connectivity index (χ1) is 8.77. The summed E-state index contributed by atoms with van der Waals surface area (Å²) in [5.74, 6) is -0.506. The molecule has 1 unspecified atom stereocenters. The van der Waals surface area contributed by atoms with Crippen LogP contribution in [0.4, 0.5) is 5.69 Å². The van der Waals surface area contributed by atoms with Crippen LogP contribution in [0.3, 0.4) is 0 Å². The summed E-state index contributed by atoms with van der Waals surface area (Å²) in [5.41, 5.74) is 3.56. The SMILES string of the molecule is O=C(O)c1ccccc1N/N=C/C1CC=CCC1. The maximum Gasteiger partial charge on any atom is 0.337 e. The van der Waals surface area contributed by atoms with Gasteiger partial charge < -0.3 is 5.11 Å². The molecule has 0 fully saturated rings. The van der Waals surface area contributed by atoms with E-state index in [0.29, 0.717) is 11.6 Å². The first-order valence-corrected chi connectivity index (χ1v) is 6.04. The third-order valence-corrected chi connectivity index (χ3v) is 2.94. The average molecular weight is 244 g/mol. The van der Waals surface area contributed by atoms with E-state index in [0.717, 1.165) is 19.3 Å². The molecule has 0 aliphatic heterocycles. The fourth-order valence-electron chi connectivity index (χ4n) is 1.93. The summed E-state index contributed by atoms with van der Waals surface area (Å²) in [4.78, 5) is 11.0. The van der Waals surface area contributed by atoms with Crippen molar-refractivity contribution in [2.24, 2.45) is 11.0 Å². The summed E-state index contributed by atoms with van der Waals surface area (Å²) >= 11 is 0. The van der Waals surface area contributed by atoms with Crippen molar-refractivity contribution in [3.63, 3.8) is 0 Å². The lowest BCUT2D eigenvalue weighted by molar-refractivity contribution is 0.0698. The Bertz CT molecular complexity index is 480. The molecule has 2 rings (SSSR count). The van der Waals surface area contributed by atoms with Crippen molar-refractivity contribution in [2.45, 2.75) is 19.3 Å². The lowest BCUT2D eigenvalue weighted by atomic mass is 9.96. The summed E-state index contributed by atoms with van der Waals surface area (Å²) in [6.07, 6.45) is 9.39. The molecule has 1 aliphatic carbocycles. The number of hydrogen-bond donors (Lipinski definition) is 2. The van der Waals surface area contributed by atoms with E-state index in [-0.39, 0.29) is 5.56 Å². The summed E-state index contributed by atoms with van der Waals surface area (Å²) in [5, 5.41) is 13.1. The summed E-state index contributed by atoms with van der Waals surface area (Å²) < 4.78 is 0. The number of rotatable bonds is 4. The maximum absolute atomic E-state index is 11.0. The highest BCUT2D eigenvalue weighted by Gasteiger charge is 2.09. The van der Waals surface area contributed by atoms with Crippen molar-refractivity contribution in [3.05, 3.63) is 42.0 Å². The lowest BCUT2D eigenvalue weighted by Crippen LogP contribution is -2.06. The van der Waals surface area contributed by atoms with Gasteiger partial charge in [0.25, 0.3) is 0 Å². The summed E-state index contributed by atoms with van der Waals surface area (Å²) in [7, 11) is 0. The van der Waals surface area contributed by atoms with Gasteiger partial charge >= 0.3 is 5.97 Å². The molecule has 2 N–H and O–H groups in total. The largest absolute Gasteiger partial charge is 0.478 e. The number of nitrogens with one attached hydrogen (secondary N) is 1. The number of carboxylic acids is 1. The molecule has 1 atom stereocenters. The molecule has 0 radical (unpaired) electrons. The van der Waals surface area contributed by atoms with Crippen molar-refractivity contribution >= 4 is 17.9 Å². The van der Waals surface area contributed by atoms with Crippen LogP contribution < -0.4 is 5.43 Å². The summed E-state index contributed by atoms with van der Waals surface area (Å²) in [6, 6.07) is 6.75. The van der Waals surface area contributed by atoms with Crippen molar-refractivity contribution < 1.29 is 9.90 Å². The Morgan fingerprint density at radius 2 is 2.22 bits per heavy atom. The minimum Gasteiger partial charge on any atom is -0.478 e. The van der Waals surface area contributed by atoms with Crippen molar-refractivity contribution in [3.8, 4) is 0 Å². The van der Waals surface area contributed by atoms with Gasteiger partial charge in [0, 0.05) is 6.21 Å². The number of carbonyl (C=O) groups is 1. The number of hydrogen-bond acceptors (Lipinski definition) is 3. The highest BCUT2D eigenvalue weighted by atomic mass is 16.4. The second-order valence-electron chi connectivity index (χ2n) is 4.29. The van der Waals surface area contributed by atoms with Gasteiger partial charge in [0.2, 0.25) is 0 Å². The van der Waals surface area contributed by atoms with E-state index >= 15 is 0 Å². The maximum atomic E-state index is 11.0. The van der Waals surface area contributed by atoms with E-state index < -0.39 is 5.97 Å². The molecule has 0 amide bonds. The Hall–Kier alpha value is -2.10. The normalized spacial score (nSPS) is 19.0. The van der Waals surface area contributed by atoms with Crippen molar-refractivity contribution in [2.75, 3.05) is 5.43 Å². The molecule has 0 saturated heterocycles. The minimum absolute atomic E-state index is 0.234. The van der Waals surface area contributed by atoms with Crippen LogP contribution in [0, 0.1) is 5.92 Å². The smallest absolute Gasteiger partial charge is 0.337 e. The standard InChI is InChI=1S/C14H16N2O2/c17-14(18)12-8-4-5-9-13(12)16-15-10-11-6-2-1-3-7-11/h1-2,4-5,8-11,16H,3,6-7H2,(H,17,18)/b15-10+. The fraction of sp³-hybridized carbons (Fsp3) is 0.286. The number of anilines is 1. The zero-order valence-corrected chi connectivity index (χ0v) is 10.0. The van der Waals surface area contributed by atoms with E-state index in [9.17, 15) is 4.79 Å². The van der Waals surface area contributed by atoms with E-state index in [2.05, 4.69) is 22.7 Å². The van der Waals surface area contributed by atoms with Crippen LogP contribution in [-0.4, -0.2) is 17.3 Å². The molecule has 1 aromatic rings. The van der Waals surface area contributed by atoms with Crippen LogP contribution in [-0.2, 0) is 0 Å². The third-order valence-electron chi connectivity index (χ3n) is 2.94. The molecule has 1 aromatic carbocycles. The average Bonchev–Trinajstić information content (AvgIpc) is 2.40. The number of aromatic carboxylic acids is 1. The molecule has 4 heteroatoms. The molecule has 18 heavy (non-hydrogen) atoms. The highest BCUT2D eigenvalue weighted by Crippen LogP contribution is 2.17. The molecular formula is C14H16N2O2. The van der Waals surface area contributed by atoms with E-state index in [4.69, 9.17) is 5.11 Å². The van der Waals surface area contributed by atoms with E-state index in [1.165, 1.54) is 0 Å². The van der Waals surface area contributed by atoms with Gasteiger partial charge in [-0.2, -0.15) is 5.10 Å². The van der Waals surface area contributed by atoms with Gasteiger partial charge in [0.15, 0.2) is 0 Å². The quantitative estimate of drug-likeness (QED) is 0.486. The highest BCUT2D eigenvalue weighted by molar-refractivity contribution is 5.94. The van der Waals surface area contributed by atoms with Gasteiger partial charge in [0.05, 0.1) is 11.3 Å². The van der Waals surface area contributed by atoms with Gasteiger partial charge in [0.1, 0.15) is 0 Å². The van der Waals surface area contributed by atoms with Crippen LogP contribution >= 0.6 is 0 Å². The van der Waals surface area contributed by atoms with Gasteiger partial charge in [-0.25, -0.2) is 4.79 Å². The molecule has 0 spiro atoms. The monoisotopic (exact) mass is 244 g/mol. The van der Waals surface area contributed by atoms with Crippen molar-refractivity contribution in [1.29, 1.82) is 0 Å². The molecule has 0 aromatic heterocycles. The zero-order chi connectivity index (χ0) is 12.8. The first-order valence-electron chi connectivity index (χ1n) is 6.04. The molecule has 0 heterocycles. The molecule has 0 saturated carbocycles. The number of hydrazone groups is 1. The number of carboxylic acid groups (broad SMARTS) is 1. The fourth-order valence-corrected chi connectivity index (χ4v) is 1.93. The van der Waals surface area contributed by atoms with Gasteiger partial charge in [-0.3, -0.25) is 5.43 Å². The number of allylic oxidation sites excluding steroid dienone is 2. The number of para-hydroxylation sites is 1. The predicted molar refractivity (Wildman–Crippen MR) is 72.0 cm³/mol. The van der Waals surface area contributed by atoms with E-state index in [1.807, 2.05) is 6.21 Å². The first kappa shape index (κ1) is 12.4. The van der Waals surface area contributed by atoms with Gasteiger partial charge in [-0.05, 0) is 37.3 Å². The van der Waals surface area contributed by atoms with Gasteiger partial charge in [-0.15, -0.1) is 0 Å². The second kappa shape index (κ2) is 6.00. The Kier molecular flexibility index (Phi) is 4.12. The van der Waals surface area contributed by atoms with Crippen LogP contribution in [0.15, 0.2) is 41.5 Å². The Labute approximate surface area is 106 Å². The molecular weight excluding hydrogens is 228 g/mol. The zero-order valence-electron chi connectivity index (χ0n) is 10.0. The molecule has 1 aliphatic rings. The lowest BCUT2D eigenvalue weighted by Gasteiger charge is -2.12. The minimum atomic E-state index is -0.950. The van der Waals surface area contributed by atoms with Crippen LogP contribution in [0.25, 0.3) is 0 Å².